The van der Waals surface area contributed by atoms with Gasteiger partial charge in [-0.25, -0.2) is 0 Å². The van der Waals surface area contributed by atoms with E-state index in [1.807, 2.05) is 44.2 Å². The van der Waals surface area contributed by atoms with Crippen LogP contribution in [0.3, 0.4) is 0 Å². The number of aryl methyl sites for hydroxylation is 3. The lowest BCUT2D eigenvalue weighted by molar-refractivity contribution is -0.116. The summed E-state index contributed by atoms with van der Waals surface area (Å²) in [6.45, 7) is 7.98. The van der Waals surface area contributed by atoms with Crippen molar-refractivity contribution in [2.45, 2.75) is 34.1 Å². The third-order valence-corrected chi connectivity index (χ3v) is 4.08. The van der Waals surface area contributed by atoms with Gasteiger partial charge in [0.2, 0.25) is 11.8 Å². The molecule has 0 aromatic heterocycles. The molecule has 132 valence electrons. The van der Waals surface area contributed by atoms with Gasteiger partial charge < -0.3 is 16.0 Å². The van der Waals surface area contributed by atoms with Crippen LogP contribution in [0.25, 0.3) is 0 Å². The average molecular weight is 339 g/mol. The average Bonchev–Trinajstić information content (AvgIpc) is 2.58. The number of benzene rings is 2. The lowest BCUT2D eigenvalue weighted by Crippen LogP contribution is -2.22. The van der Waals surface area contributed by atoms with E-state index in [0.717, 1.165) is 11.3 Å². The van der Waals surface area contributed by atoms with Crippen molar-refractivity contribution in [3.8, 4) is 0 Å². The first-order valence-electron chi connectivity index (χ1n) is 8.40. The highest BCUT2D eigenvalue weighted by atomic mass is 16.2. The summed E-state index contributed by atoms with van der Waals surface area (Å²) >= 11 is 0. The van der Waals surface area contributed by atoms with Gasteiger partial charge in [0.25, 0.3) is 0 Å². The molecule has 0 aliphatic carbocycles. The molecule has 0 unspecified atom stereocenters. The number of hydrogen-bond donors (Lipinski definition) is 3. The number of nitrogens with one attached hydrogen (secondary N) is 3. The molecule has 0 saturated carbocycles. The fourth-order valence-corrected chi connectivity index (χ4v) is 2.31. The Bertz CT molecular complexity index is 785. The molecule has 0 fully saturated rings. The molecule has 0 heterocycles. The van der Waals surface area contributed by atoms with Crippen molar-refractivity contribution >= 4 is 28.9 Å². The van der Waals surface area contributed by atoms with Gasteiger partial charge in [-0.1, -0.05) is 19.1 Å². The van der Waals surface area contributed by atoms with E-state index in [2.05, 4.69) is 22.9 Å². The molecule has 0 aliphatic heterocycles. The number of amides is 2. The summed E-state index contributed by atoms with van der Waals surface area (Å²) in [5.74, 6) is -0.196. The van der Waals surface area contributed by atoms with E-state index < -0.39 is 0 Å². The molecule has 0 aliphatic rings. The SMILES string of the molecule is CCC(=O)Nc1cc(NC(=O)CNc2ccc(C)c(C)c2)ccc1C. The minimum absolute atomic E-state index is 0.0528. The fraction of sp³-hybridized carbons (Fsp3) is 0.300. The number of hydrogen-bond acceptors (Lipinski definition) is 3. The number of carbonyl (C=O) groups excluding carboxylic acids is 2. The summed E-state index contributed by atoms with van der Waals surface area (Å²) in [6, 6.07) is 11.5. The van der Waals surface area contributed by atoms with Crippen LogP contribution in [0, 0.1) is 20.8 Å². The molecule has 2 aromatic rings. The summed E-state index contributed by atoms with van der Waals surface area (Å²) in [6.07, 6.45) is 0.413. The second kappa shape index (κ2) is 8.33. The summed E-state index contributed by atoms with van der Waals surface area (Å²) in [5, 5.41) is 8.80. The highest BCUT2D eigenvalue weighted by Gasteiger charge is 2.07. The van der Waals surface area contributed by atoms with Crippen LogP contribution in [0.15, 0.2) is 36.4 Å². The first kappa shape index (κ1) is 18.5. The number of anilines is 3. The first-order valence-corrected chi connectivity index (χ1v) is 8.40. The molecular weight excluding hydrogens is 314 g/mol. The zero-order chi connectivity index (χ0) is 18.4. The van der Waals surface area contributed by atoms with Gasteiger partial charge in [-0.2, -0.15) is 0 Å². The van der Waals surface area contributed by atoms with Crippen LogP contribution >= 0.6 is 0 Å². The second-order valence-corrected chi connectivity index (χ2v) is 6.13. The van der Waals surface area contributed by atoms with Crippen molar-refractivity contribution in [2.24, 2.45) is 0 Å². The molecule has 0 radical (unpaired) electrons. The quantitative estimate of drug-likeness (QED) is 0.745. The van der Waals surface area contributed by atoms with Crippen LogP contribution < -0.4 is 16.0 Å². The van der Waals surface area contributed by atoms with Gasteiger partial charge in [0, 0.05) is 23.5 Å². The third-order valence-electron chi connectivity index (χ3n) is 4.08. The second-order valence-electron chi connectivity index (χ2n) is 6.13. The largest absolute Gasteiger partial charge is 0.376 e. The van der Waals surface area contributed by atoms with Crippen molar-refractivity contribution in [2.75, 3.05) is 22.5 Å². The molecule has 5 nitrogen and oxygen atoms in total. The Morgan fingerprint density at radius 3 is 2.16 bits per heavy atom. The molecule has 5 heteroatoms. The molecule has 0 atom stereocenters. The van der Waals surface area contributed by atoms with Crippen molar-refractivity contribution in [3.63, 3.8) is 0 Å². The van der Waals surface area contributed by atoms with Crippen molar-refractivity contribution < 1.29 is 9.59 Å². The third kappa shape index (κ3) is 5.35. The van der Waals surface area contributed by atoms with Crippen molar-refractivity contribution in [3.05, 3.63) is 53.1 Å². The maximum atomic E-state index is 12.2. The van der Waals surface area contributed by atoms with Crippen LogP contribution in [-0.2, 0) is 9.59 Å². The van der Waals surface area contributed by atoms with Crippen molar-refractivity contribution in [1.29, 1.82) is 0 Å². The first-order chi connectivity index (χ1) is 11.9. The molecule has 2 aromatic carbocycles. The predicted molar refractivity (Wildman–Crippen MR) is 103 cm³/mol. The summed E-state index contributed by atoms with van der Waals surface area (Å²) in [7, 11) is 0. The highest BCUT2D eigenvalue weighted by molar-refractivity contribution is 5.96. The van der Waals surface area contributed by atoms with E-state index in [1.165, 1.54) is 11.1 Å². The van der Waals surface area contributed by atoms with Gasteiger partial charge in [-0.15, -0.1) is 0 Å². The minimum atomic E-state index is -0.144. The van der Waals surface area contributed by atoms with E-state index in [9.17, 15) is 9.59 Å². The normalized spacial score (nSPS) is 10.2. The highest BCUT2D eigenvalue weighted by Crippen LogP contribution is 2.20. The topological polar surface area (TPSA) is 70.2 Å². The van der Waals surface area contributed by atoms with E-state index in [-0.39, 0.29) is 18.4 Å². The Morgan fingerprint density at radius 2 is 1.48 bits per heavy atom. The Morgan fingerprint density at radius 1 is 0.800 bits per heavy atom. The van der Waals surface area contributed by atoms with Crippen LogP contribution in [0.4, 0.5) is 17.1 Å². The minimum Gasteiger partial charge on any atom is -0.376 e. The zero-order valence-electron chi connectivity index (χ0n) is 15.2. The van der Waals surface area contributed by atoms with Gasteiger partial charge in [0.1, 0.15) is 0 Å². The maximum absolute atomic E-state index is 12.2. The molecule has 3 N–H and O–H groups in total. The van der Waals surface area contributed by atoms with Gasteiger partial charge in [0.15, 0.2) is 0 Å². The molecule has 2 rings (SSSR count). The molecule has 25 heavy (non-hydrogen) atoms. The van der Waals surface area contributed by atoms with Crippen molar-refractivity contribution in [1.82, 2.24) is 0 Å². The molecular formula is C20H25N3O2. The van der Waals surface area contributed by atoms with E-state index >= 15 is 0 Å². The molecule has 2 amide bonds. The molecule has 0 saturated heterocycles. The monoisotopic (exact) mass is 339 g/mol. The van der Waals surface area contributed by atoms with Crippen LogP contribution in [0.5, 0.6) is 0 Å². The summed E-state index contributed by atoms with van der Waals surface area (Å²) in [4.78, 5) is 23.7. The molecule has 0 spiro atoms. The lowest BCUT2D eigenvalue weighted by Gasteiger charge is -2.12. The summed E-state index contributed by atoms with van der Waals surface area (Å²) in [5.41, 5.74) is 5.64. The Hall–Kier alpha value is -2.82. The van der Waals surface area contributed by atoms with Crippen LogP contribution in [0.2, 0.25) is 0 Å². The van der Waals surface area contributed by atoms with Crippen LogP contribution in [-0.4, -0.2) is 18.4 Å². The van der Waals surface area contributed by atoms with Gasteiger partial charge in [-0.05, 0) is 61.7 Å². The van der Waals surface area contributed by atoms with E-state index in [0.29, 0.717) is 17.8 Å². The van der Waals surface area contributed by atoms with Crippen LogP contribution in [0.1, 0.15) is 30.0 Å². The Labute approximate surface area is 148 Å². The smallest absolute Gasteiger partial charge is 0.243 e. The predicted octanol–water partition coefficient (Wildman–Crippen LogP) is 4.01. The molecule has 0 bridgehead atoms. The number of rotatable bonds is 6. The van der Waals surface area contributed by atoms with E-state index in [1.54, 1.807) is 13.0 Å². The van der Waals surface area contributed by atoms with E-state index in [4.69, 9.17) is 0 Å². The van der Waals surface area contributed by atoms with Gasteiger partial charge >= 0.3 is 0 Å². The summed E-state index contributed by atoms with van der Waals surface area (Å²) < 4.78 is 0. The fourth-order valence-electron chi connectivity index (χ4n) is 2.31. The number of carbonyl (C=O) groups is 2. The Kier molecular flexibility index (Phi) is 6.17. The maximum Gasteiger partial charge on any atom is 0.243 e. The van der Waals surface area contributed by atoms with Gasteiger partial charge in [0.05, 0.1) is 6.54 Å². The lowest BCUT2D eigenvalue weighted by atomic mass is 10.1. The van der Waals surface area contributed by atoms with Gasteiger partial charge in [-0.3, -0.25) is 9.59 Å². The zero-order valence-corrected chi connectivity index (χ0v) is 15.2. The Balaban J connectivity index is 1.96. The standard InChI is InChI=1S/C20H25N3O2/c1-5-19(24)23-18-11-17(9-7-14(18)3)22-20(25)12-21-16-8-6-13(2)15(4)10-16/h6-11,21H,5,12H2,1-4H3,(H,22,25)(H,23,24).